The van der Waals surface area contributed by atoms with Crippen molar-refractivity contribution >= 4 is 41.8 Å². The van der Waals surface area contributed by atoms with Crippen LogP contribution in [0.15, 0.2) is 24.3 Å². The highest BCUT2D eigenvalue weighted by Crippen LogP contribution is 2.27. The van der Waals surface area contributed by atoms with Crippen molar-refractivity contribution in [1.82, 2.24) is 10.3 Å². The summed E-state index contributed by atoms with van der Waals surface area (Å²) in [6.07, 6.45) is 0. The summed E-state index contributed by atoms with van der Waals surface area (Å²) in [5, 5.41) is 4.68. The monoisotopic (exact) mass is 347 g/mol. The fourth-order valence-electron chi connectivity index (χ4n) is 1.84. The molecule has 0 aliphatic carbocycles. The largest absolute Gasteiger partial charge is 0.399 e. The van der Waals surface area contributed by atoms with E-state index in [0.29, 0.717) is 0 Å². The van der Waals surface area contributed by atoms with E-state index in [9.17, 15) is 0 Å². The number of nitrogens with two attached hydrogens (primary N) is 1. The molecular weight excluding hydrogens is 325 g/mol. The van der Waals surface area contributed by atoms with Crippen LogP contribution in [0.2, 0.25) is 0 Å². The molecule has 3 N–H and O–H groups in total. The van der Waals surface area contributed by atoms with E-state index in [1.54, 1.807) is 11.3 Å². The highest BCUT2D eigenvalue weighted by atomic mass is 35.5. The average molecular weight is 348 g/mol. The van der Waals surface area contributed by atoms with E-state index in [1.807, 2.05) is 18.2 Å². The molecule has 2 aromatic rings. The van der Waals surface area contributed by atoms with Gasteiger partial charge in [0.1, 0.15) is 5.01 Å². The molecule has 3 nitrogen and oxygen atoms in total. The number of nitrogens with zero attached hydrogens (tertiary/aromatic N) is 1. The van der Waals surface area contributed by atoms with Gasteiger partial charge in [-0.3, -0.25) is 0 Å². The number of aryl methyl sites for hydroxylation is 2. The van der Waals surface area contributed by atoms with Crippen LogP contribution in [0.1, 0.15) is 35.0 Å². The molecule has 0 bridgehead atoms. The van der Waals surface area contributed by atoms with Gasteiger partial charge in [-0.25, -0.2) is 4.98 Å². The maximum absolute atomic E-state index is 5.79. The van der Waals surface area contributed by atoms with Crippen molar-refractivity contribution in [3.8, 4) is 0 Å². The Bertz CT molecular complexity index is 563. The van der Waals surface area contributed by atoms with E-state index < -0.39 is 0 Å². The number of nitrogens with one attached hydrogen (secondary N) is 1. The molecule has 1 aromatic carbocycles. The molecule has 6 heteroatoms. The average Bonchev–Trinajstić information content (AvgIpc) is 2.68. The zero-order valence-corrected chi connectivity index (χ0v) is 15.2. The lowest BCUT2D eigenvalue weighted by Gasteiger charge is -2.24. The summed E-state index contributed by atoms with van der Waals surface area (Å²) in [4.78, 5) is 5.93. The number of anilines is 1. The van der Waals surface area contributed by atoms with Crippen molar-refractivity contribution in [3.63, 3.8) is 0 Å². The number of hydrogen-bond donors (Lipinski definition) is 2. The second kappa shape index (κ2) is 7.99. The number of rotatable bonds is 4. The molecular formula is C15H23Cl2N3S. The van der Waals surface area contributed by atoms with Gasteiger partial charge in [-0.2, -0.15) is 0 Å². The predicted molar refractivity (Wildman–Crippen MR) is 96.8 cm³/mol. The second-order valence-corrected chi connectivity index (χ2v) is 6.59. The van der Waals surface area contributed by atoms with Crippen LogP contribution in [-0.2, 0) is 12.1 Å². The molecule has 118 valence electrons. The van der Waals surface area contributed by atoms with Crippen LogP contribution in [0.5, 0.6) is 0 Å². The number of thiazole rings is 1. The maximum atomic E-state index is 5.79. The standard InChI is InChI=1S/C15H21N3S.2ClH/c1-10-11(2)19-14(18-10)15(3,4)17-9-12-6-5-7-13(16)8-12;;/h5-8,17H,9,16H2,1-4H3;2*1H. The molecule has 0 atom stereocenters. The SMILES string of the molecule is Cc1nc(C(C)(C)NCc2cccc(N)c2)sc1C.Cl.Cl. The first-order valence-corrected chi connectivity index (χ1v) is 7.24. The summed E-state index contributed by atoms with van der Waals surface area (Å²) in [7, 11) is 0. The number of aromatic nitrogens is 1. The molecule has 21 heavy (non-hydrogen) atoms. The van der Waals surface area contributed by atoms with Gasteiger partial charge < -0.3 is 11.1 Å². The van der Waals surface area contributed by atoms with E-state index in [1.165, 1.54) is 10.4 Å². The summed E-state index contributed by atoms with van der Waals surface area (Å²) in [6.45, 7) is 9.29. The molecule has 0 spiro atoms. The summed E-state index contributed by atoms with van der Waals surface area (Å²) < 4.78 is 0. The third kappa shape index (κ3) is 5.15. The van der Waals surface area contributed by atoms with Gasteiger partial charge in [-0.15, -0.1) is 36.2 Å². The van der Waals surface area contributed by atoms with Gasteiger partial charge in [0.25, 0.3) is 0 Å². The Labute approximate surface area is 143 Å². The molecule has 2 rings (SSSR count). The lowest BCUT2D eigenvalue weighted by atomic mass is 10.1. The zero-order chi connectivity index (χ0) is 14.0. The van der Waals surface area contributed by atoms with E-state index in [2.05, 4.69) is 44.1 Å². The first kappa shape index (κ1) is 20.2. The Morgan fingerprint density at radius 3 is 2.43 bits per heavy atom. The van der Waals surface area contributed by atoms with E-state index in [-0.39, 0.29) is 30.4 Å². The molecule has 0 saturated carbocycles. The Hall–Kier alpha value is -0.810. The number of hydrogen-bond acceptors (Lipinski definition) is 4. The predicted octanol–water partition coefficient (Wildman–Crippen LogP) is 4.21. The second-order valence-electron chi connectivity index (χ2n) is 5.38. The van der Waals surface area contributed by atoms with Gasteiger partial charge in [-0.1, -0.05) is 12.1 Å². The number of benzene rings is 1. The minimum atomic E-state index is -0.131. The normalized spacial score (nSPS) is 10.7. The van der Waals surface area contributed by atoms with Gasteiger partial charge in [0.15, 0.2) is 0 Å². The summed E-state index contributed by atoms with van der Waals surface area (Å²) in [5.41, 5.74) is 8.78. The van der Waals surface area contributed by atoms with Crippen molar-refractivity contribution in [1.29, 1.82) is 0 Å². The quantitative estimate of drug-likeness (QED) is 0.814. The molecule has 0 radical (unpaired) electrons. The summed E-state index contributed by atoms with van der Waals surface area (Å²) in [5.74, 6) is 0. The van der Waals surface area contributed by atoms with Crippen LogP contribution in [0.3, 0.4) is 0 Å². The third-order valence-electron chi connectivity index (χ3n) is 3.25. The molecule has 0 unspecified atom stereocenters. The van der Waals surface area contributed by atoms with Crippen LogP contribution in [0, 0.1) is 13.8 Å². The molecule has 0 aliphatic heterocycles. The van der Waals surface area contributed by atoms with Crippen LogP contribution in [-0.4, -0.2) is 4.98 Å². The third-order valence-corrected chi connectivity index (χ3v) is 4.65. The fraction of sp³-hybridized carbons (Fsp3) is 0.400. The van der Waals surface area contributed by atoms with Gasteiger partial charge in [-0.05, 0) is 45.4 Å². The van der Waals surface area contributed by atoms with Gasteiger partial charge in [0.2, 0.25) is 0 Å². The van der Waals surface area contributed by atoms with Gasteiger partial charge in [0.05, 0.1) is 11.2 Å². The Kier molecular flexibility index (Phi) is 7.68. The number of nitrogen functional groups attached to an aromatic ring is 1. The zero-order valence-electron chi connectivity index (χ0n) is 12.8. The van der Waals surface area contributed by atoms with Crippen LogP contribution in [0.25, 0.3) is 0 Å². The first-order valence-electron chi connectivity index (χ1n) is 6.42. The smallest absolute Gasteiger partial charge is 0.113 e. The summed E-state index contributed by atoms with van der Waals surface area (Å²) >= 11 is 1.76. The van der Waals surface area contributed by atoms with Crippen LogP contribution < -0.4 is 11.1 Å². The fourth-order valence-corrected chi connectivity index (χ4v) is 2.84. The Morgan fingerprint density at radius 2 is 1.90 bits per heavy atom. The van der Waals surface area contributed by atoms with Crippen molar-refractivity contribution < 1.29 is 0 Å². The van der Waals surface area contributed by atoms with Crippen molar-refractivity contribution in [3.05, 3.63) is 45.4 Å². The first-order chi connectivity index (χ1) is 8.88. The Balaban J connectivity index is 0.00000200. The van der Waals surface area contributed by atoms with Crippen molar-refractivity contribution in [2.75, 3.05) is 5.73 Å². The summed E-state index contributed by atoms with van der Waals surface area (Å²) in [6, 6.07) is 7.97. The number of halogens is 2. The van der Waals surface area contributed by atoms with Crippen LogP contribution in [0.4, 0.5) is 5.69 Å². The minimum Gasteiger partial charge on any atom is -0.399 e. The van der Waals surface area contributed by atoms with E-state index in [0.717, 1.165) is 22.9 Å². The van der Waals surface area contributed by atoms with Crippen LogP contribution >= 0.6 is 36.2 Å². The van der Waals surface area contributed by atoms with Gasteiger partial charge in [0, 0.05) is 17.1 Å². The Morgan fingerprint density at radius 1 is 1.24 bits per heavy atom. The van der Waals surface area contributed by atoms with E-state index >= 15 is 0 Å². The highest BCUT2D eigenvalue weighted by Gasteiger charge is 2.24. The molecule has 0 saturated heterocycles. The topological polar surface area (TPSA) is 50.9 Å². The minimum absolute atomic E-state index is 0. The lowest BCUT2D eigenvalue weighted by Crippen LogP contribution is -2.35. The van der Waals surface area contributed by atoms with Crippen molar-refractivity contribution in [2.45, 2.75) is 39.8 Å². The van der Waals surface area contributed by atoms with Crippen molar-refractivity contribution in [2.24, 2.45) is 0 Å². The lowest BCUT2D eigenvalue weighted by molar-refractivity contribution is 0.399. The molecule has 1 aromatic heterocycles. The molecule has 0 amide bonds. The molecule has 1 heterocycles. The van der Waals surface area contributed by atoms with Gasteiger partial charge >= 0.3 is 0 Å². The maximum Gasteiger partial charge on any atom is 0.113 e. The molecule has 0 aliphatic rings. The highest BCUT2D eigenvalue weighted by molar-refractivity contribution is 7.11. The molecule has 0 fully saturated rings. The van der Waals surface area contributed by atoms with E-state index in [4.69, 9.17) is 5.73 Å².